The standard InChI is InChI=1S/C18H25N3O3/c1-3-4-5-6-15(22)18(24)19-14-9-7-13(8-10-14)17-12(2)11-16(23)20-21-17/h7-10,12,15,22H,3-6,11H2,1-2H3,(H,19,24)(H,20,23). The third-order valence-corrected chi connectivity index (χ3v) is 4.09. The Kier molecular flexibility index (Phi) is 6.49. The van der Waals surface area contributed by atoms with E-state index in [4.69, 9.17) is 0 Å². The number of nitrogens with zero attached hydrogens (tertiary/aromatic N) is 1. The highest BCUT2D eigenvalue weighted by molar-refractivity contribution is 6.06. The van der Waals surface area contributed by atoms with Crippen LogP contribution in [0.15, 0.2) is 29.4 Å². The summed E-state index contributed by atoms with van der Waals surface area (Å²) in [6.45, 7) is 4.04. The van der Waals surface area contributed by atoms with E-state index in [-0.39, 0.29) is 17.7 Å². The number of unbranched alkanes of at least 4 members (excludes halogenated alkanes) is 2. The highest BCUT2D eigenvalue weighted by Gasteiger charge is 2.21. The second kappa shape index (κ2) is 8.59. The van der Waals surface area contributed by atoms with Gasteiger partial charge in [0.1, 0.15) is 6.10 Å². The summed E-state index contributed by atoms with van der Waals surface area (Å²) >= 11 is 0. The largest absolute Gasteiger partial charge is 0.383 e. The number of rotatable bonds is 7. The summed E-state index contributed by atoms with van der Waals surface area (Å²) in [5.74, 6) is -0.402. The number of hydrazone groups is 1. The molecule has 0 fully saturated rings. The SMILES string of the molecule is CCCCCC(O)C(=O)Nc1ccc(C2=NNC(=O)CC2C)cc1. The predicted octanol–water partition coefficient (Wildman–Crippen LogP) is 2.43. The van der Waals surface area contributed by atoms with E-state index in [0.29, 0.717) is 18.5 Å². The van der Waals surface area contributed by atoms with Gasteiger partial charge in [0.15, 0.2) is 0 Å². The number of carbonyl (C=O) groups is 2. The Bertz CT molecular complexity index is 610. The topological polar surface area (TPSA) is 90.8 Å². The van der Waals surface area contributed by atoms with Gasteiger partial charge < -0.3 is 10.4 Å². The summed E-state index contributed by atoms with van der Waals surface area (Å²) in [6.07, 6.45) is 2.82. The molecule has 0 bridgehead atoms. The molecule has 0 aromatic heterocycles. The van der Waals surface area contributed by atoms with Crippen molar-refractivity contribution in [1.29, 1.82) is 0 Å². The number of aliphatic hydroxyl groups is 1. The van der Waals surface area contributed by atoms with Gasteiger partial charge in [-0.05, 0) is 24.1 Å². The molecular formula is C18H25N3O3. The van der Waals surface area contributed by atoms with Crippen molar-refractivity contribution < 1.29 is 14.7 Å². The molecule has 0 aliphatic carbocycles. The highest BCUT2D eigenvalue weighted by Crippen LogP contribution is 2.18. The normalized spacial score (nSPS) is 18.5. The second-order valence-electron chi connectivity index (χ2n) is 6.22. The molecule has 1 aliphatic rings. The number of nitrogens with one attached hydrogen (secondary N) is 2. The van der Waals surface area contributed by atoms with Crippen LogP contribution in [0.3, 0.4) is 0 Å². The van der Waals surface area contributed by atoms with Crippen molar-refractivity contribution in [2.45, 2.75) is 52.1 Å². The summed E-state index contributed by atoms with van der Waals surface area (Å²) in [7, 11) is 0. The van der Waals surface area contributed by atoms with Gasteiger partial charge in [0.2, 0.25) is 5.91 Å². The van der Waals surface area contributed by atoms with Gasteiger partial charge in [-0.3, -0.25) is 9.59 Å². The predicted molar refractivity (Wildman–Crippen MR) is 93.7 cm³/mol. The third-order valence-electron chi connectivity index (χ3n) is 4.09. The minimum absolute atomic E-state index is 0.0552. The summed E-state index contributed by atoms with van der Waals surface area (Å²) in [5, 5.41) is 16.7. The number of benzene rings is 1. The lowest BCUT2D eigenvalue weighted by molar-refractivity contribution is -0.124. The summed E-state index contributed by atoms with van der Waals surface area (Å²) < 4.78 is 0. The molecule has 24 heavy (non-hydrogen) atoms. The Morgan fingerprint density at radius 3 is 2.71 bits per heavy atom. The average molecular weight is 331 g/mol. The molecule has 6 nitrogen and oxygen atoms in total. The molecule has 0 radical (unpaired) electrons. The van der Waals surface area contributed by atoms with Crippen LogP contribution in [-0.4, -0.2) is 28.7 Å². The van der Waals surface area contributed by atoms with Crippen molar-refractivity contribution in [3.8, 4) is 0 Å². The van der Waals surface area contributed by atoms with Crippen molar-refractivity contribution in [3.05, 3.63) is 29.8 Å². The molecule has 2 atom stereocenters. The van der Waals surface area contributed by atoms with Crippen LogP contribution < -0.4 is 10.7 Å². The Labute approximate surface area is 142 Å². The van der Waals surface area contributed by atoms with Crippen molar-refractivity contribution >= 4 is 23.2 Å². The highest BCUT2D eigenvalue weighted by atomic mass is 16.3. The fraction of sp³-hybridized carbons (Fsp3) is 0.500. The molecule has 1 aromatic rings. The van der Waals surface area contributed by atoms with Gasteiger partial charge in [0, 0.05) is 18.0 Å². The van der Waals surface area contributed by atoms with Crippen molar-refractivity contribution in [1.82, 2.24) is 5.43 Å². The molecular weight excluding hydrogens is 306 g/mol. The number of amides is 2. The van der Waals surface area contributed by atoms with Gasteiger partial charge in [0.05, 0.1) is 5.71 Å². The van der Waals surface area contributed by atoms with Crippen LogP contribution in [0.5, 0.6) is 0 Å². The molecule has 1 heterocycles. The molecule has 130 valence electrons. The first kappa shape index (κ1) is 18.1. The zero-order chi connectivity index (χ0) is 17.5. The minimum atomic E-state index is -0.978. The zero-order valence-electron chi connectivity index (χ0n) is 14.2. The van der Waals surface area contributed by atoms with Gasteiger partial charge in [-0.2, -0.15) is 5.10 Å². The monoisotopic (exact) mass is 331 g/mol. The fourth-order valence-corrected chi connectivity index (χ4v) is 2.67. The van der Waals surface area contributed by atoms with E-state index in [9.17, 15) is 14.7 Å². The van der Waals surface area contributed by atoms with Gasteiger partial charge >= 0.3 is 0 Å². The van der Waals surface area contributed by atoms with E-state index in [1.165, 1.54) is 0 Å². The van der Waals surface area contributed by atoms with E-state index in [1.807, 2.05) is 19.1 Å². The van der Waals surface area contributed by atoms with Crippen LogP contribution in [0.25, 0.3) is 0 Å². The summed E-state index contributed by atoms with van der Waals surface area (Å²) in [4.78, 5) is 23.2. The number of hydrogen-bond donors (Lipinski definition) is 3. The zero-order valence-corrected chi connectivity index (χ0v) is 14.2. The molecule has 2 amide bonds. The Morgan fingerprint density at radius 1 is 1.38 bits per heavy atom. The van der Waals surface area contributed by atoms with Crippen LogP contribution in [0.1, 0.15) is 51.5 Å². The molecule has 6 heteroatoms. The molecule has 1 aliphatic heterocycles. The number of hydrogen-bond acceptors (Lipinski definition) is 4. The quantitative estimate of drug-likeness (QED) is 0.670. The third kappa shape index (κ3) is 4.89. The molecule has 2 unspecified atom stereocenters. The maximum atomic E-state index is 11.9. The number of anilines is 1. The lowest BCUT2D eigenvalue weighted by atomic mass is 9.94. The van der Waals surface area contributed by atoms with Gasteiger partial charge in [-0.15, -0.1) is 0 Å². The average Bonchev–Trinajstić information content (AvgIpc) is 2.56. The lowest BCUT2D eigenvalue weighted by Crippen LogP contribution is -2.32. The molecule has 0 saturated heterocycles. The van der Waals surface area contributed by atoms with Gasteiger partial charge in [0.25, 0.3) is 5.91 Å². The van der Waals surface area contributed by atoms with Crippen molar-refractivity contribution in [2.75, 3.05) is 5.32 Å². The maximum Gasteiger partial charge on any atom is 0.253 e. The van der Waals surface area contributed by atoms with Crippen LogP contribution in [0.2, 0.25) is 0 Å². The van der Waals surface area contributed by atoms with Gasteiger partial charge in [-0.1, -0.05) is 45.2 Å². The Morgan fingerprint density at radius 2 is 2.08 bits per heavy atom. The van der Waals surface area contributed by atoms with Crippen LogP contribution in [0.4, 0.5) is 5.69 Å². The Balaban J connectivity index is 1.94. The molecule has 0 spiro atoms. The molecule has 0 saturated carbocycles. The van der Waals surface area contributed by atoms with E-state index in [1.54, 1.807) is 12.1 Å². The van der Waals surface area contributed by atoms with Crippen LogP contribution >= 0.6 is 0 Å². The van der Waals surface area contributed by atoms with Crippen LogP contribution in [0, 0.1) is 5.92 Å². The van der Waals surface area contributed by atoms with Crippen molar-refractivity contribution in [2.24, 2.45) is 11.0 Å². The first-order valence-electron chi connectivity index (χ1n) is 8.47. The molecule has 3 N–H and O–H groups in total. The molecule has 2 rings (SSSR count). The maximum absolute atomic E-state index is 11.9. The van der Waals surface area contributed by atoms with Crippen LogP contribution in [-0.2, 0) is 9.59 Å². The fourth-order valence-electron chi connectivity index (χ4n) is 2.67. The lowest BCUT2D eigenvalue weighted by Gasteiger charge is -2.19. The summed E-state index contributed by atoms with van der Waals surface area (Å²) in [5.41, 5.74) is 4.86. The van der Waals surface area contributed by atoms with Gasteiger partial charge in [-0.25, -0.2) is 5.43 Å². The number of aliphatic hydroxyl groups excluding tert-OH is 1. The number of carbonyl (C=O) groups excluding carboxylic acids is 2. The minimum Gasteiger partial charge on any atom is -0.383 e. The smallest absolute Gasteiger partial charge is 0.253 e. The first-order valence-corrected chi connectivity index (χ1v) is 8.47. The Hall–Kier alpha value is -2.21. The first-order chi connectivity index (χ1) is 11.5. The van der Waals surface area contributed by atoms with E-state index < -0.39 is 6.10 Å². The van der Waals surface area contributed by atoms with E-state index in [2.05, 4.69) is 22.8 Å². The molecule has 1 aromatic carbocycles. The van der Waals surface area contributed by atoms with E-state index in [0.717, 1.165) is 30.5 Å². The second-order valence-corrected chi connectivity index (χ2v) is 6.22. The summed E-state index contributed by atoms with van der Waals surface area (Å²) in [6, 6.07) is 7.26. The van der Waals surface area contributed by atoms with Crippen molar-refractivity contribution in [3.63, 3.8) is 0 Å². The van der Waals surface area contributed by atoms with E-state index >= 15 is 0 Å².